The Morgan fingerprint density at radius 1 is 1.41 bits per heavy atom. The lowest BCUT2D eigenvalue weighted by Crippen LogP contribution is -2.05. The van der Waals surface area contributed by atoms with Crippen LogP contribution in [0.2, 0.25) is 0 Å². The number of anilines is 1. The molecule has 1 aliphatic rings. The van der Waals surface area contributed by atoms with E-state index in [4.69, 9.17) is 5.84 Å². The van der Waals surface area contributed by atoms with Crippen molar-refractivity contribution in [1.82, 2.24) is 30.4 Å². The fourth-order valence-electron chi connectivity index (χ4n) is 1.33. The Morgan fingerprint density at radius 2 is 2.29 bits per heavy atom. The van der Waals surface area contributed by atoms with E-state index in [2.05, 4.69) is 31.1 Å². The minimum absolute atomic E-state index is 0.489. The Bertz CT molecular complexity index is 503. The third-order valence-corrected chi connectivity index (χ3v) is 4.25. The van der Waals surface area contributed by atoms with Crippen molar-refractivity contribution < 1.29 is 0 Å². The van der Waals surface area contributed by atoms with E-state index in [1.165, 1.54) is 24.2 Å². The van der Waals surface area contributed by atoms with Crippen molar-refractivity contribution in [2.75, 3.05) is 5.43 Å². The summed E-state index contributed by atoms with van der Waals surface area (Å²) in [5, 5.41) is 21.9. The summed E-state index contributed by atoms with van der Waals surface area (Å²) in [6.07, 6.45) is 2.33. The minimum atomic E-state index is 0.489. The average molecular weight is 270 g/mol. The van der Waals surface area contributed by atoms with Crippen LogP contribution < -0.4 is 11.3 Å². The fourth-order valence-corrected chi connectivity index (χ4v) is 2.91. The summed E-state index contributed by atoms with van der Waals surface area (Å²) < 4.78 is 1.88. The second kappa shape index (κ2) is 4.55. The number of hydrogen-bond donors (Lipinski definition) is 2. The molecule has 0 amide bonds. The van der Waals surface area contributed by atoms with Gasteiger partial charge in [0, 0.05) is 0 Å². The summed E-state index contributed by atoms with van der Waals surface area (Å²) in [6.45, 7) is 0. The second-order valence-electron chi connectivity index (χ2n) is 3.57. The van der Waals surface area contributed by atoms with Gasteiger partial charge in [-0.15, -0.1) is 15.3 Å². The Kier molecular flexibility index (Phi) is 2.91. The third-order valence-electron chi connectivity index (χ3n) is 2.27. The number of hydrazine groups is 1. The SMILES string of the molecule is NNc1nnc(CSc2nnnn2C2CC2)s1. The summed E-state index contributed by atoms with van der Waals surface area (Å²) in [4.78, 5) is 0. The van der Waals surface area contributed by atoms with Gasteiger partial charge in [0.1, 0.15) is 5.01 Å². The number of nitrogen functional groups attached to an aromatic ring is 1. The van der Waals surface area contributed by atoms with Crippen LogP contribution in [-0.2, 0) is 5.75 Å². The number of rotatable bonds is 5. The zero-order valence-electron chi connectivity index (χ0n) is 8.78. The molecule has 0 atom stereocenters. The topological polar surface area (TPSA) is 107 Å². The highest BCUT2D eigenvalue weighted by Crippen LogP contribution is 2.37. The van der Waals surface area contributed by atoms with E-state index in [0.29, 0.717) is 16.9 Å². The van der Waals surface area contributed by atoms with Crippen molar-refractivity contribution in [3.8, 4) is 0 Å². The summed E-state index contributed by atoms with van der Waals surface area (Å²) in [6, 6.07) is 0.489. The molecule has 2 heterocycles. The van der Waals surface area contributed by atoms with Crippen molar-refractivity contribution in [3.63, 3.8) is 0 Å². The lowest BCUT2D eigenvalue weighted by molar-refractivity contribution is 0.565. The molecule has 0 unspecified atom stereocenters. The van der Waals surface area contributed by atoms with Crippen LogP contribution in [0.25, 0.3) is 0 Å². The third kappa shape index (κ3) is 2.37. The van der Waals surface area contributed by atoms with Crippen LogP contribution in [0.4, 0.5) is 5.13 Å². The molecule has 1 fully saturated rings. The molecule has 0 radical (unpaired) electrons. The quantitative estimate of drug-likeness (QED) is 0.458. The van der Waals surface area contributed by atoms with Crippen LogP contribution in [0.3, 0.4) is 0 Å². The summed E-state index contributed by atoms with van der Waals surface area (Å²) in [7, 11) is 0. The van der Waals surface area contributed by atoms with E-state index < -0.39 is 0 Å². The van der Waals surface area contributed by atoms with Gasteiger partial charge in [-0.05, 0) is 23.3 Å². The first-order valence-electron chi connectivity index (χ1n) is 5.06. The zero-order chi connectivity index (χ0) is 11.7. The minimum Gasteiger partial charge on any atom is -0.298 e. The summed E-state index contributed by atoms with van der Waals surface area (Å²) >= 11 is 2.99. The Labute approximate surface area is 105 Å². The molecule has 0 aliphatic heterocycles. The van der Waals surface area contributed by atoms with E-state index in [1.54, 1.807) is 11.8 Å². The van der Waals surface area contributed by atoms with Crippen LogP contribution >= 0.6 is 23.1 Å². The Balaban J connectivity index is 1.64. The Hall–Kier alpha value is -1.26. The van der Waals surface area contributed by atoms with Gasteiger partial charge in [0.2, 0.25) is 10.3 Å². The number of tetrazole rings is 1. The van der Waals surface area contributed by atoms with Crippen molar-refractivity contribution in [1.29, 1.82) is 0 Å². The fraction of sp³-hybridized carbons (Fsp3) is 0.571. The first-order valence-corrected chi connectivity index (χ1v) is 6.86. The van der Waals surface area contributed by atoms with Crippen molar-refractivity contribution in [2.45, 2.75) is 29.8 Å². The first kappa shape index (κ1) is 10.9. The van der Waals surface area contributed by atoms with Gasteiger partial charge in [0.15, 0.2) is 0 Å². The van der Waals surface area contributed by atoms with Gasteiger partial charge in [-0.25, -0.2) is 10.5 Å². The highest BCUT2D eigenvalue weighted by molar-refractivity contribution is 7.98. The van der Waals surface area contributed by atoms with Crippen molar-refractivity contribution >= 4 is 28.2 Å². The van der Waals surface area contributed by atoms with Crippen LogP contribution in [-0.4, -0.2) is 30.4 Å². The van der Waals surface area contributed by atoms with E-state index >= 15 is 0 Å². The van der Waals surface area contributed by atoms with E-state index in [1.807, 2.05) is 4.68 Å². The smallest absolute Gasteiger partial charge is 0.219 e. The molecule has 3 N–H and O–H groups in total. The highest BCUT2D eigenvalue weighted by atomic mass is 32.2. The zero-order valence-corrected chi connectivity index (χ0v) is 10.4. The van der Waals surface area contributed by atoms with Crippen LogP contribution in [0.1, 0.15) is 23.9 Å². The molecule has 3 rings (SSSR count). The molecule has 0 aromatic carbocycles. The lowest BCUT2D eigenvalue weighted by atomic mass is 10.7. The monoisotopic (exact) mass is 270 g/mol. The number of aromatic nitrogens is 6. The normalized spacial score (nSPS) is 15.1. The standard InChI is InChI=1S/C7H10N8S2/c8-9-6-11-10-5(17-6)3-16-7-12-13-14-15(7)4-1-2-4/h4H,1-3,8H2,(H,9,11). The van der Waals surface area contributed by atoms with Crippen LogP contribution in [0.15, 0.2) is 5.16 Å². The number of thioether (sulfide) groups is 1. The average Bonchev–Trinajstić information content (AvgIpc) is 2.93. The van der Waals surface area contributed by atoms with E-state index in [-0.39, 0.29) is 0 Å². The molecule has 2 aromatic rings. The number of hydrogen-bond acceptors (Lipinski definition) is 9. The molecule has 0 saturated heterocycles. The molecule has 1 aliphatic carbocycles. The van der Waals surface area contributed by atoms with Gasteiger partial charge >= 0.3 is 0 Å². The van der Waals surface area contributed by atoms with E-state index in [0.717, 1.165) is 10.2 Å². The van der Waals surface area contributed by atoms with Gasteiger partial charge < -0.3 is 0 Å². The molecular weight excluding hydrogens is 260 g/mol. The number of nitrogens with zero attached hydrogens (tertiary/aromatic N) is 6. The van der Waals surface area contributed by atoms with E-state index in [9.17, 15) is 0 Å². The second-order valence-corrected chi connectivity index (χ2v) is 5.58. The predicted molar refractivity (Wildman–Crippen MR) is 63.4 cm³/mol. The van der Waals surface area contributed by atoms with Gasteiger partial charge in [0.25, 0.3) is 0 Å². The number of nitrogens with two attached hydrogens (primary N) is 1. The summed E-state index contributed by atoms with van der Waals surface area (Å²) in [5.74, 6) is 5.94. The molecule has 90 valence electrons. The van der Waals surface area contributed by atoms with Gasteiger partial charge in [0.05, 0.1) is 11.8 Å². The molecule has 10 heteroatoms. The van der Waals surface area contributed by atoms with Gasteiger partial charge in [-0.3, -0.25) is 5.43 Å². The van der Waals surface area contributed by atoms with Crippen LogP contribution in [0, 0.1) is 0 Å². The predicted octanol–water partition coefficient (Wildman–Crippen LogP) is 0.437. The molecule has 1 saturated carbocycles. The number of nitrogens with one attached hydrogen (secondary N) is 1. The maximum absolute atomic E-state index is 5.24. The molecule has 8 nitrogen and oxygen atoms in total. The molecule has 17 heavy (non-hydrogen) atoms. The van der Waals surface area contributed by atoms with Crippen molar-refractivity contribution in [2.24, 2.45) is 5.84 Å². The van der Waals surface area contributed by atoms with Crippen molar-refractivity contribution in [3.05, 3.63) is 5.01 Å². The molecule has 0 bridgehead atoms. The van der Waals surface area contributed by atoms with Gasteiger partial charge in [-0.1, -0.05) is 23.1 Å². The molecule has 0 spiro atoms. The first-order chi connectivity index (χ1) is 8.36. The molecular formula is C7H10N8S2. The Morgan fingerprint density at radius 3 is 3.00 bits per heavy atom. The highest BCUT2D eigenvalue weighted by Gasteiger charge is 2.27. The van der Waals surface area contributed by atoms with Gasteiger partial charge in [-0.2, -0.15) is 0 Å². The maximum atomic E-state index is 5.24. The summed E-state index contributed by atoms with van der Waals surface area (Å²) in [5.41, 5.74) is 2.47. The van der Waals surface area contributed by atoms with Crippen LogP contribution in [0.5, 0.6) is 0 Å². The molecule has 2 aromatic heterocycles. The maximum Gasteiger partial charge on any atom is 0.219 e. The lowest BCUT2D eigenvalue weighted by Gasteiger charge is -1.99. The largest absolute Gasteiger partial charge is 0.298 e.